The van der Waals surface area contributed by atoms with Gasteiger partial charge in [-0.25, -0.2) is 0 Å². The Kier molecular flexibility index (Phi) is 7.95. The highest BCUT2D eigenvalue weighted by Gasteiger charge is 2.17. The molecule has 0 aliphatic rings. The van der Waals surface area contributed by atoms with Crippen molar-refractivity contribution in [2.75, 3.05) is 11.9 Å². The van der Waals surface area contributed by atoms with Gasteiger partial charge in [0.1, 0.15) is 5.75 Å². The van der Waals surface area contributed by atoms with Crippen LogP contribution in [0.2, 0.25) is 10.0 Å². The second-order valence-electron chi connectivity index (χ2n) is 6.01. The van der Waals surface area contributed by atoms with Gasteiger partial charge in [-0.15, -0.1) is 0 Å². The predicted molar refractivity (Wildman–Crippen MR) is 109 cm³/mol. The quantitative estimate of drug-likeness (QED) is 0.608. The highest BCUT2D eigenvalue weighted by atomic mass is 35.5. The third-order valence-electron chi connectivity index (χ3n) is 3.80. The molecular formula is C20H22Cl2N2O3. The molecule has 0 saturated heterocycles. The Hall–Kier alpha value is -2.24. The zero-order valence-corrected chi connectivity index (χ0v) is 16.7. The van der Waals surface area contributed by atoms with Gasteiger partial charge in [0.05, 0.1) is 5.02 Å². The molecule has 0 aromatic heterocycles. The normalized spacial score (nSPS) is 11.6. The molecule has 7 heteroatoms. The van der Waals surface area contributed by atoms with Crippen LogP contribution >= 0.6 is 23.2 Å². The van der Waals surface area contributed by atoms with E-state index >= 15 is 0 Å². The highest BCUT2D eigenvalue weighted by Crippen LogP contribution is 2.28. The number of benzene rings is 2. The van der Waals surface area contributed by atoms with Crippen molar-refractivity contribution in [2.45, 2.75) is 32.8 Å². The Morgan fingerprint density at radius 3 is 2.44 bits per heavy atom. The van der Waals surface area contributed by atoms with Crippen molar-refractivity contribution < 1.29 is 14.3 Å². The summed E-state index contributed by atoms with van der Waals surface area (Å²) >= 11 is 11.9. The molecule has 2 rings (SSSR count). The molecule has 1 unspecified atom stereocenters. The number of nitrogens with one attached hydrogen (secondary N) is 2. The van der Waals surface area contributed by atoms with Gasteiger partial charge in [0.25, 0.3) is 11.8 Å². The van der Waals surface area contributed by atoms with Crippen molar-refractivity contribution in [1.82, 2.24) is 5.32 Å². The van der Waals surface area contributed by atoms with Crippen LogP contribution < -0.4 is 15.4 Å². The number of rotatable bonds is 8. The van der Waals surface area contributed by atoms with Gasteiger partial charge in [-0.05, 0) is 55.8 Å². The lowest BCUT2D eigenvalue weighted by Crippen LogP contribution is -2.30. The van der Waals surface area contributed by atoms with E-state index in [-0.39, 0.29) is 11.8 Å². The fourth-order valence-electron chi connectivity index (χ4n) is 2.24. The van der Waals surface area contributed by atoms with Crippen LogP contribution in [0.5, 0.6) is 5.75 Å². The van der Waals surface area contributed by atoms with E-state index in [1.54, 1.807) is 49.4 Å². The first kappa shape index (κ1) is 21.1. The van der Waals surface area contributed by atoms with E-state index in [1.165, 1.54) is 0 Å². The number of carbonyl (C=O) groups is 2. The number of unbranched alkanes of at least 4 members (excludes halogenated alkanes) is 1. The van der Waals surface area contributed by atoms with Gasteiger partial charge in [-0.1, -0.05) is 36.5 Å². The molecule has 1 atom stereocenters. The van der Waals surface area contributed by atoms with Crippen molar-refractivity contribution >= 4 is 40.7 Å². The Morgan fingerprint density at radius 1 is 1.11 bits per heavy atom. The van der Waals surface area contributed by atoms with Crippen LogP contribution in [0.1, 0.15) is 37.0 Å². The van der Waals surface area contributed by atoms with Crippen LogP contribution in [0.25, 0.3) is 0 Å². The summed E-state index contributed by atoms with van der Waals surface area (Å²) in [4.78, 5) is 24.3. The molecule has 27 heavy (non-hydrogen) atoms. The molecule has 0 aliphatic carbocycles. The van der Waals surface area contributed by atoms with E-state index in [9.17, 15) is 9.59 Å². The summed E-state index contributed by atoms with van der Waals surface area (Å²) in [7, 11) is 0. The van der Waals surface area contributed by atoms with Crippen LogP contribution in [-0.4, -0.2) is 24.5 Å². The average molecular weight is 409 g/mol. The minimum absolute atomic E-state index is 0.129. The lowest BCUT2D eigenvalue weighted by Gasteiger charge is -2.16. The maximum absolute atomic E-state index is 12.3. The van der Waals surface area contributed by atoms with Crippen LogP contribution in [0, 0.1) is 0 Å². The van der Waals surface area contributed by atoms with Crippen molar-refractivity contribution in [2.24, 2.45) is 0 Å². The Labute approximate surface area is 169 Å². The number of ether oxygens (including phenoxy) is 1. The first-order chi connectivity index (χ1) is 12.9. The lowest BCUT2D eigenvalue weighted by molar-refractivity contribution is -0.122. The van der Waals surface area contributed by atoms with Crippen molar-refractivity contribution in [1.29, 1.82) is 0 Å². The average Bonchev–Trinajstić information content (AvgIpc) is 2.64. The second-order valence-corrected chi connectivity index (χ2v) is 6.85. The zero-order chi connectivity index (χ0) is 19.8. The second kappa shape index (κ2) is 10.2. The van der Waals surface area contributed by atoms with E-state index in [4.69, 9.17) is 27.9 Å². The molecule has 2 N–H and O–H groups in total. The summed E-state index contributed by atoms with van der Waals surface area (Å²) in [5.41, 5.74) is 1.11. The van der Waals surface area contributed by atoms with Gasteiger partial charge >= 0.3 is 0 Å². The van der Waals surface area contributed by atoms with E-state index in [0.717, 1.165) is 12.8 Å². The lowest BCUT2D eigenvalue weighted by atomic mass is 10.2. The first-order valence-electron chi connectivity index (χ1n) is 8.71. The third kappa shape index (κ3) is 6.45. The molecular weight excluding hydrogens is 387 g/mol. The van der Waals surface area contributed by atoms with Crippen LogP contribution in [0.15, 0.2) is 42.5 Å². The Bertz CT molecular complexity index is 794. The maximum atomic E-state index is 12.3. The minimum atomic E-state index is -0.763. The van der Waals surface area contributed by atoms with E-state index in [2.05, 4.69) is 17.6 Å². The summed E-state index contributed by atoms with van der Waals surface area (Å²) < 4.78 is 5.58. The van der Waals surface area contributed by atoms with E-state index < -0.39 is 6.10 Å². The first-order valence-corrected chi connectivity index (χ1v) is 9.47. The molecule has 0 radical (unpaired) electrons. The molecule has 144 valence electrons. The molecule has 0 saturated carbocycles. The fraction of sp³-hybridized carbons (Fsp3) is 0.300. The molecule has 2 aromatic carbocycles. The topological polar surface area (TPSA) is 67.4 Å². The number of hydrogen-bond acceptors (Lipinski definition) is 3. The smallest absolute Gasteiger partial charge is 0.265 e. The molecule has 0 fully saturated rings. The van der Waals surface area contributed by atoms with Crippen molar-refractivity contribution in [3.8, 4) is 5.75 Å². The van der Waals surface area contributed by atoms with Crippen molar-refractivity contribution in [3.05, 3.63) is 58.1 Å². The maximum Gasteiger partial charge on any atom is 0.265 e. The molecule has 0 heterocycles. The fourth-order valence-corrected chi connectivity index (χ4v) is 2.70. The van der Waals surface area contributed by atoms with Crippen LogP contribution in [0.4, 0.5) is 5.69 Å². The summed E-state index contributed by atoms with van der Waals surface area (Å²) in [5, 5.41) is 6.42. The van der Waals surface area contributed by atoms with E-state index in [0.29, 0.717) is 33.6 Å². The van der Waals surface area contributed by atoms with E-state index in [1.807, 2.05) is 0 Å². The number of amides is 2. The monoisotopic (exact) mass is 408 g/mol. The largest absolute Gasteiger partial charge is 0.479 e. The van der Waals surface area contributed by atoms with Crippen molar-refractivity contribution in [3.63, 3.8) is 0 Å². The number of carbonyl (C=O) groups excluding carboxylic acids is 2. The van der Waals surface area contributed by atoms with Crippen LogP contribution in [-0.2, 0) is 4.79 Å². The molecule has 2 aromatic rings. The van der Waals surface area contributed by atoms with Crippen LogP contribution in [0.3, 0.4) is 0 Å². The van der Waals surface area contributed by atoms with Gasteiger partial charge < -0.3 is 15.4 Å². The Morgan fingerprint density at radius 2 is 1.81 bits per heavy atom. The molecule has 0 bridgehead atoms. The minimum Gasteiger partial charge on any atom is -0.479 e. The number of anilines is 1. The predicted octanol–water partition coefficient (Wildman–Crippen LogP) is 4.93. The zero-order valence-electron chi connectivity index (χ0n) is 15.2. The van der Waals surface area contributed by atoms with Gasteiger partial charge in [0.15, 0.2) is 6.10 Å². The summed E-state index contributed by atoms with van der Waals surface area (Å²) in [6.45, 7) is 4.33. The van der Waals surface area contributed by atoms with Gasteiger partial charge in [-0.2, -0.15) is 0 Å². The van der Waals surface area contributed by atoms with Gasteiger partial charge in [-0.3, -0.25) is 9.59 Å². The standard InChI is InChI=1S/C20H22Cl2N2O3/c1-3-4-11-23-20(26)14-5-8-16(9-6-14)24-19(25)13(2)27-18-10-7-15(21)12-17(18)22/h5-10,12-13H,3-4,11H2,1-2H3,(H,23,26)(H,24,25). The number of hydrogen-bond donors (Lipinski definition) is 2. The molecule has 0 spiro atoms. The summed E-state index contributed by atoms with van der Waals surface area (Å²) in [5.74, 6) is -0.0839. The highest BCUT2D eigenvalue weighted by molar-refractivity contribution is 6.35. The summed E-state index contributed by atoms with van der Waals surface area (Å²) in [6, 6.07) is 11.5. The van der Waals surface area contributed by atoms with Gasteiger partial charge in [0, 0.05) is 22.8 Å². The molecule has 0 aliphatic heterocycles. The number of halogens is 2. The summed E-state index contributed by atoms with van der Waals surface area (Å²) in [6.07, 6.45) is 1.20. The van der Waals surface area contributed by atoms with Gasteiger partial charge in [0.2, 0.25) is 0 Å². The Balaban J connectivity index is 1.91. The SMILES string of the molecule is CCCCNC(=O)c1ccc(NC(=O)C(C)Oc2ccc(Cl)cc2Cl)cc1. The molecule has 5 nitrogen and oxygen atoms in total. The molecule has 2 amide bonds. The third-order valence-corrected chi connectivity index (χ3v) is 4.33.